The zero-order valence-corrected chi connectivity index (χ0v) is 13.7. The Bertz CT molecular complexity index is 599. The zero-order valence-electron chi connectivity index (χ0n) is 13.7. The van der Waals surface area contributed by atoms with Crippen LogP contribution in [-0.4, -0.2) is 23.8 Å². The first-order chi connectivity index (χ1) is 10.6. The van der Waals surface area contributed by atoms with Gasteiger partial charge in [-0.2, -0.15) is 0 Å². The van der Waals surface area contributed by atoms with Gasteiger partial charge < -0.3 is 15.7 Å². The Labute approximate surface area is 135 Å². The van der Waals surface area contributed by atoms with E-state index in [1.807, 2.05) is 13.8 Å². The molecule has 23 heavy (non-hydrogen) atoms. The van der Waals surface area contributed by atoms with E-state index >= 15 is 0 Å². The molecule has 1 atom stereocenters. The number of halogens is 2. The second-order valence-corrected chi connectivity index (χ2v) is 6.44. The Kier molecular flexibility index (Phi) is 6.11. The first kappa shape index (κ1) is 18.9. The molecule has 0 spiro atoms. The number of carbonyl (C=O) groups excluding carboxylic acids is 1. The number of carbonyl (C=O) groups is 1. The molecule has 1 unspecified atom stereocenters. The second kappa shape index (κ2) is 7.42. The second-order valence-electron chi connectivity index (χ2n) is 6.44. The third-order valence-corrected chi connectivity index (χ3v) is 3.58. The van der Waals surface area contributed by atoms with Gasteiger partial charge in [0.15, 0.2) is 11.6 Å². The van der Waals surface area contributed by atoms with Crippen LogP contribution in [0.1, 0.15) is 33.3 Å². The maximum absolute atomic E-state index is 13.7. The molecule has 0 radical (unpaired) electrons. The molecule has 126 valence electrons. The van der Waals surface area contributed by atoms with E-state index in [9.17, 15) is 18.7 Å². The van der Waals surface area contributed by atoms with Gasteiger partial charge in [0.05, 0.1) is 6.10 Å². The van der Waals surface area contributed by atoms with Gasteiger partial charge in [0, 0.05) is 17.5 Å². The van der Waals surface area contributed by atoms with Crippen molar-refractivity contribution in [2.24, 2.45) is 11.3 Å². The minimum atomic E-state index is -0.949. The van der Waals surface area contributed by atoms with Crippen LogP contribution in [-0.2, 0) is 0 Å². The predicted octanol–water partition coefficient (Wildman–Crippen LogP) is 3.11. The van der Waals surface area contributed by atoms with E-state index in [1.165, 1.54) is 0 Å². The lowest BCUT2D eigenvalue weighted by Gasteiger charge is -2.33. The number of urea groups is 1. The summed E-state index contributed by atoms with van der Waals surface area (Å²) in [7, 11) is 0. The van der Waals surface area contributed by atoms with Crippen LogP contribution in [0, 0.1) is 35.3 Å². The Morgan fingerprint density at radius 2 is 1.87 bits per heavy atom. The van der Waals surface area contributed by atoms with E-state index in [2.05, 4.69) is 16.6 Å². The van der Waals surface area contributed by atoms with Crippen molar-refractivity contribution in [2.75, 3.05) is 11.9 Å². The molecule has 4 nitrogen and oxygen atoms in total. The van der Waals surface area contributed by atoms with Crippen molar-refractivity contribution in [1.82, 2.24) is 5.32 Å². The molecule has 1 aromatic carbocycles. The Morgan fingerprint density at radius 3 is 2.30 bits per heavy atom. The molecular weight excluding hydrogens is 302 g/mol. The molecular formula is C17H22F2N2O2. The highest BCUT2D eigenvalue weighted by Gasteiger charge is 2.30. The van der Waals surface area contributed by atoms with E-state index in [0.29, 0.717) is 0 Å². The minimum absolute atomic E-state index is 0.0149. The van der Waals surface area contributed by atoms with Gasteiger partial charge in [-0.1, -0.05) is 33.6 Å². The fraction of sp³-hybridized carbons (Fsp3) is 0.471. The van der Waals surface area contributed by atoms with E-state index in [4.69, 9.17) is 6.42 Å². The normalized spacial score (nSPS) is 12.7. The van der Waals surface area contributed by atoms with Crippen molar-refractivity contribution in [3.63, 3.8) is 0 Å². The molecule has 0 heterocycles. The Morgan fingerprint density at radius 1 is 1.35 bits per heavy atom. The molecule has 0 saturated carbocycles. The molecule has 0 saturated heterocycles. The molecule has 1 rings (SSSR count). The molecule has 0 aliphatic carbocycles. The lowest BCUT2D eigenvalue weighted by Crippen LogP contribution is -2.44. The highest BCUT2D eigenvalue weighted by Crippen LogP contribution is 2.25. The lowest BCUT2D eigenvalue weighted by molar-refractivity contribution is 0.0154. The third-order valence-electron chi connectivity index (χ3n) is 3.58. The molecule has 0 fully saturated rings. The summed E-state index contributed by atoms with van der Waals surface area (Å²) in [5, 5.41) is 14.7. The molecule has 0 bridgehead atoms. The van der Waals surface area contributed by atoms with Crippen LogP contribution in [0.5, 0.6) is 0 Å². The van der Waals surface area contributed by atoms with E-state index in [0.717, 1.165) is 12.1 Å². The molecule has 0 aliphatic rings. The number of aliphatic hydroxyl groups excluding tert-OH is 1. The largest absolute Gasteiger partial charge is 0.392 e. The topological polar surface area (TPSA) is 61.4 Å². The van der Waals surface area contributed by atoms with Gasteiger partial charge in [0.1, 0.15) is 5.69 Å². The van der Waals surface area contributed by atoms with Crippen LogP contribution < -0.4 is 10.6 Å². The molecule has 0 aliphatic heterocycles. The van der Waals surface area contributed by atoms with Crippen molar-refractivity contribution in [3.8, 4) is 12.3 Å². The van der Waals surface area contributed by atoms with Crippen LogP contribution >= 0.6 is 0 Å². The lowest BCUT2D eigenvalue weighted by atomic mass is 9.81. The average molecular weight is 324 g/mol. The van der Waals surface area contributed by atoms with Gasteiger partial charge in [-0.3, -0.25) is 0 Å². The maximum Gasteiger partial charge on any atom is 0.319 e. The summed E-state index contributed by atoms with van der Waals surface area (Å²) in [5.74, 6) is 0.237. The summed E-state index contributed by atoms with van der Waals surface area (Å²) in [5.41, 5.74) is -1.11. The fourth-order valence-electron chi connectivity index (χ4n) is 2.25. The van der Waals surface area contributed by atoms with Gasteiger partial charge >= 0.3 is 6.03 Å². The van der Waals surface area contributed by atoms with Crippen molar-refractivity contribution in [3.05, 3.63) is 29.3 Å². The first-order valence-electron chi connectivity index (χ1n) is 7.27. The van der Waals surface area contributed by atoms with Crippen LogP contribution in [0.25, 0.3) is 0 Å². The summed E-state index contributed by atoms with van der Waals surface area (Å²) in [6.45, 7) is 7.46. The number of hydrogen-bond donors (Lipinski definition) is 3. The summed E-state index contributed by atoms with van der Waals surface area (Å²) in [4.78, 5) is 11.8. The number of terminal acetylenes is 1. The van der Waals surface area contributed by atoms with Gasteiger partial charge in [0.25, 0.3) is 0 Å². The quantitative estimate of drug-likeness (QED) is 0.729. The zero-order chi connectivity index (χ0) is 17.8. The summed E-state index contributed by atoms with van der Waals surface area (Å²) in [6.07, 6.45) is 4.45. The maximum atomic E-state index is 13.7. The highest BCUT2D eigenvalue weighted by atomic mass is 19.1. The minimum Gasteiger partial charge on any atom is -0.392 e. The van der Waals surface area contributed by atoms with Crippen molar-refractivity contribution in [2.45, 2.75) is 33.8 Å². The Hall–Kier alpha value is -2.13. The van der Waals surface area contributed by atoms with Crippen molar-refractivity contribution < 1.29 is 18.7 Å². The number of benzene rings is 1. The standard InChI is InChI=1S/C17H22F2N2O2/c1-6-11-7-12(18)14(13(19)8-11)21-16(23)20-9-17(4,5)15(22)10(2)3/h1,7-8,10,15,22H,9H2,2-5H3,(H2,20,21,23). The van der Waals surface area contributed by atoms with E-state index in [1.54, 1.807) is 13.8 Å². The van der Waals surface area contributed by atoms with Crippen LogP contribution in [0.3, 0.4) is 0 Å². The van der Waals surface area contributed by atoms with Gasteiger partial charge in [0.2, 0.25) is 0 Å². The summed E-state index contributed by atoms with van der Waals surface area (Å²) < 4.78 is 27.5. The van der Waals surface area contributed by atoms with Gasteiger partial charge in [-0.05, 0) is 18.1 Å². The van der Waals surface area contributed by atoms with E-state index in [-0.39, 0.29) is 18.0 Å². The van der Waals surface area contributed by atoms with Crippen molar-refractivity contribution in [1.29, 1.82) is 0 Å². The molecule has 6 heteroatoms. The predicted molar refractivity (Wildman–Crippen MR) is 85.9 cm³/mol. The molecule has 3 N–H and O–H groups in total. The van der Waals surface area contributed by atoms with Crippen LogP contribution in [0.15, 0.2) is 12.1 Å². The monoisotopic (exact) mass is 324 g/mol. The molecule has 0 aromatic heterocycles. The number of anilines is 1. The summed E-state index contributed by atoms with van der Waals surface area (Å²) in [6, 6.07) is 1.16. The SMILES string of the molecule is C#Cc1cc(F)c(NC(=O)NCC(C)(C)C(O)C(C)C)c(F)c1. The third kappa shape index (κ3) is 4.93. The number of nitrogens with one attached hydrogen (secondary N) is 2. The first-order valence-corrected chi connectivity index (χ1v) is 7.27. The highest BCUT2D eigenvalue weighted by molar-refractivity contribution is 5.89. The Balaban J connectivity index is 2.74. The molecule has 1 aromatic rings. The van der Waals surface area contributed by atoms with Crippen LogP contribution in [0.2, 0.25) is 0 Å². The number of amides is 2. The fourth-order valence-corrected chi connectivity index (χ4v) is 2.25. The average Bonchev–Trinajstić information content (AvgIpc) is 2.47. The summed E-state index contributed by atoms with van der Waals surface area (Å²) >= 11 is 0. The van der Waals surface area contributed by atoms with Crippen molar-refractivity contribution >= 4 is 11.7 Å². The van der Waals surface area contributed by atoms with Gasteiger partial charge in [-0.25, -0.2) is 13.6 Å². The number of rotatable bonds is 5. The number of hydrogen-bond acceptors (Lipinski definition) is 2. The van der Waals surface area contributed by atoms with E-state index < -0.39 is 34.9 Å². The van der Waals surface area contributed by atoms with Gasteiger partial charge in [-0.15, -0.1) is 6.42 Å². The molecule has 2 amide bonds. The smallest absolute Gasteiger partial charge is 0.319 e. The van der Waals surface area contributed by atoms with Crippen LogP contribution in [0.4, 0.5) is 19.3 Å². The number of aliphatic hydroxyl groups is 1.